The zero-order chi connectivity index (χ0) is 21.4. The van der Waals surface area contributed by atoms with Gasteiger partial charge in [0, 0.05) is 37.6 Å². The van der Waals surface area contributed by atoms with Crippen molar-refractivity contribution >= 4 is 17.9 Å². The van der Waals surface area contributed by atoms with Gasteiger partial charge < -0.3 is 14.4 Å². The van der Waals surface area contributed by atoms with Crippen molar-refractivity contribution in [2.24, 2.45) is 13.0 Å². The molecule has 0 fully saturated rings. The Balaban J connectivity index is 2.11. The number of nitrogens with zero attached hydrogens (tertiary/aromatic N) is 3. The summed E-state index contributed by atoms with van der Waals surface area (Å²) in [6.45, 7) is 9.34. The molecule has 156 valence electrons. The first kappa shape index (κ1) is 22.5. The van der Waals surface area contributed by atoms with Gasteiger partial charge in [0.15, 0.2) is 0 Å². The first-order chi connectivity index (χ1) is 13.8. The summed E-state index contributed by atoms with van der Waals surface area (Å²) in [7, 11) is 1.98. The number of carbonyl (C=O) groups is 2. The molecule has 5 heteroatoms. The van der Waals surface area contributed by atoms with Crippen LogP contribution >= 0.6 is 0 Å². The number of hydrogen-bond acceptors (Lipinski definition) is 2. The van der Waals surface area contributed by atoms with Gasteiger partial charge in [-0.1, -0.05) is 44.2 Å². The van der Waals surface area contributed by atoms with Gasteiger partial charge in [0.2, 0.25) is 11.8 Å². The fourth-order valence-electron chi connectivity index (χ4n) is 3.14. The van der Waals surface area contributed by atoms with Gasteiger partial charge in [-0.15, -0.1) is 0 Å². The number of benzene rings is 1. The highest BCUT2D eigenvalue weighted by atomic mass is 16.2. The number of aryl methyl sites for hydroxylation is 1. The number of carbonyl (C=O) groups excluding carboxylic acids is 2. The van der Waals surface area contributed by atoms with Crippen LogP contribution in [0.4, 0.5) is 0 Å². The van der Waals surface area contributed by atoms with E-state index < -0.39 is 0 Å². The van der Waals surface area contributed by atoms with Gasteiger partial charge >= 0.3 is 0 Å². The number of rotatable bonds is 9. The molecule has 0 aliphatic heterocycles. The maximum Gasteiger partial charge on any atom is 0.247 e. The van der Waals surface area contributed by atoms with E-state index in [1.165, 1.54) is 0 Å². The van der Waals surface area contributed by atoms with Crippen molar-refractivity contribution < 1.29 is 9.59 Å². The van der Waals surface area contributed by atoms with Crippen LogP contribution in [0, 0.1) is 5.92 Å². The van der Waals surface area contributed by atoms with E-state index >= 15 is 0 Å². The minimum Gasteiger partial charge on any atom is -0.353 e. The highest BCUT2D eigenvalue weighted by Crippen LogP contribution is 2.11. The Bertz CT molecular complexity index is 822. The van der Waals surface area contributed by atoms with Gasteiger partial charge in [-0.05, 0) is 43.5 Å². The summed E-state index contributed by atoms with van der Waals surface area (Å²) >= 11 is 0. The van der Waals surface area contributed by atoms with Gasteiger partial charge in [0.25, 0.3) is 0 Å². The van der Waals surface area contributed by atoms with E-state index in [4.69, 9.17) is 0 Å². The van der Waals surface area contributed by atoms with Gasteiger partial charge in [-0.3, -0.25) is 9.59 Å². The molecule has 0 N–H and O–H groups in total. The lowest BCUT2D eigenvalue weighted by molar-refractivity contribution is -0.140. The average Bonchev–Trinajstić information content (AvgIpc) is 3.08. The Morgan fingerprint density at radius 1 is 1.03 bits per heavy atom. The Hall–Kier alpha value is -2.82. The van der Waals surface area contributed by atoms with Crippen molar-refractivity contribution in [3.05, 3.63) is 66.0 Å². The van der Waals surface area contributed by atoms with Gasteiger partial charge in [-0.2, -0.15) is 0 Å². The van der Waals surface area contributed by atoms with Crippen LogP contribution < -0.4 is 0 Å². The molecule has 0 aliphatic rings. The molecule has 1 aromatic heterocycles. The molecule has 1 aromatic carbocycles. The van der Waals surface area contributed by atoms with Crippen molar-refractivity contribution in [2.75, 3.05) is 13.1 Å². The second-order valence-corrected chi connectivity index (χ2v) is 8.08. The van der Waals surface area contributed by atoms with Crippen molar-refractivity contribution in [3.63, 3.8) is 0 Å². The normalized spacial score (nSPS) is 11.4. The SMILES string of the molecule is CC(C)CN(Cc1cccn1C)C(=O)CN(C(=O)C=Cc1ccccc1)C(C)C. The molecule has 0 saturated heterocycles. The second-order valence-electron chi connectivity index (χ2n) is 8.08. The summed E-state index contributed by atoms with van der Waals surface area (Å²) in [6, 6.07) is 13.6. The topological polar surface area (TPSA) is 45.6 Å². The number of hydrogen-bond donors (Lipinski definition) is 0. The van der Waals surface area contributed by atoms with Crippen LogP contribution in [0.2, 0.25) is 0 Å². The van der Waals surface area contributed by atoms with E-state index in [1.54, 1.807) is 17.1 Å². The van der Waals surface area contributed by atoms with E-state index in [-0.39, 0.29) is 24.4 Å². The second kappa shape index (κ2) is 10.6. The molecule has 0 radical (unpaired) electrons. The third kappa shape index (κ3) is 6.93. The standard InChI is InChI=1S/C24H33N3O2/c1-19(2)16-26(17-22-12-9-15-25(22)5)24(29)18-27(20(3)4)23(28)14-13-21-10-7-6-8-11-21/h6-15,19-20H,16-18H2,1-5H3. The van der Waals surface area contributed by atoms with E-state index in [9.17, 15) is 9.59 Å². The molecule has 2 aromatic rings. The largest absolute Gasteiger partial charge is 0.353 e. The predicted octanol–water partition coefficient (Wildman–Crippen LogP) is 3.96. The quantitative estimate of drug-likeness (QED) is 0.603. The van der Waals surface area contributed by atoms with Gasteiger partial charge in [0.1, 0.15) is 6.54 Å². The lowest BCUT2D eigenvalue weighted by Gasteiger charge is -2.30. The molecule has 0 aliphatic carbocycles. The Morgan fingerprint density at radius 2 is 1.72 bits per heavy atom. The molecule has 5 nitrogen and oxygen atoms in total. The summed E-state index contributed by atoms with van der Waals surface area (Å²) in [5.41, 5.74) is 2.03. The third-order valence-electron chi connectivity index (χ3n) is 4.77. The van der Waals surface area contributed by atoms with Crippen LogP contribution in [-0.2, 0) is 23.2 Å². The van der Waals surface area contributed by atoms with E-state index in [1.807, 2.05) is 79.0 Å². The predicted molar refractivity (Wildman–Crippen MR) is 118 cm³/mol. The van der Waals surface area contributed by atoms with E-state index in [2.05, 4.69) is 13.8 Å². The maximum absolute atomic E-state index is 13.1. The molecule has 2 amide bonds. The average molecular weight is 396 g/mol. The summed E-state index contributed by atoms with van der Waals surface area (Å²) in [5.74, 6) is 0.163. The molecule has 0 unspecified atom stereocenters. The first-order valence-corrected chi connectivity index (χ1v) is 10.2. The number of amides is 2. The third-order valence-corrected chi connectivity index (χ3v) is 4.77. The molecule has 0 saturated carbocycles. The van der Waals surface area contributed by atoms with Crippen LogP contribution in [0.25, 0.3) is 6.08 Å². The van der Waals surface area contributed by atoms with E-state index in [0.717, 1.165) is 11.3 Å². The Kier molecular flexibility index (Phi) is 8.25. The lowest BCUT2D eigenvalue weighted by Crippen LogP contribution is -2.46. The van der Waals surface area contributed by atoms with Crippen molar-refractivity contribution in [2.45, 2.75) is 40.3 Å². The van der Waals surface area contributed by atoms with Crippen molar-refractivity contribution in [1.29, 1.82) is 0 Å². The minimum atomic E-state index is -0.152. The van der Waals surface area contributed by atoms with E-state index in [0.29, 0.717) is 19.0 Å². The molecular formula is C24H33N3O2. The highest BCUT2D eigenvalue weighted by Gasteiger charge is 2.23. The van der Waals surface area contributed by atoms with Crippen molar-refractivity contribution in [3.8, 4) is 0 Å². The lowest BCUT2D eigenvalue weighted by atomic mass is 10.2. The molecule has 0 spiro atoms. The Labute approximate surface area is 174 Å². The molecule has 2 rings (SSSR count). The van der Waals surface area contributed by atoms with Crippen LogP contribution in [-0.4, -0.2) is 45.3 Å². The van der Waals surface area contributed by atoms with Crippen LogP contribution in [0.3, 0.4) is 0 Å². The minimum absolute atomic E-state index is 0.0324. The van der Waals surface area contributed by atoms with Crippen LogP contribution in [0.5, 0.6) is 0 Å². The number of aromatic nitrogens is 1. The monoisotopic (exact) mass is 395 g/mol. The smallest absolute Gasteiger partial charge is 0.247 e. The molecule has 0 bridgehead atoms. The van der Waals surface area contributed by atoms with Gasteiger partial charge in [0.05, 0.1) is 6.54 Å². The zero-order valence-corrected chi connectivity index (χ0v) is 18.2. The van der Waals surface area contributed by atoms with Crippen molar-refractivity contribution in [1.82, 2.24) is 14.4 Å². The molecule has 0 atom stereocenters. The highest BCUT2D eigenvalue weighted by molar-refractivity contribution is 5.94. The fourth-order valence-corrected chi connectivity index (χ4v) is 3.14. The zero-order valence-electron chi connectivity index (χ0n) is 18.2. The summed E-state index contributed by atoms with van der Waals surface area (Å²) in [5, 5.41) is 0. The Morgan fingerprint density at radius 3 is 2.28 bits per heavy atom. The molecule has 1 heterocycles. The van der Waals surface area contributed by atoms with Crippen LogP contribution in [0.15, 0.2) is 54.7 Å². The fraction of sp³-hybridized carbons (Fsp3) is 0.417. The molecular weight excluding hydrogens is 362 g/mol. The molecule has 29 heavy (non-hydrogen) atoms. The van der Waals surface area contributed by atoms with Crippen LogP contribution in [0.1, 0.15) is 39.0 Å². The summed E-state index contributed by atoms with van der Waals surface area (Å²) < 4.78 is 2.02. The first-order valence-electron chi connectivity index (χ1n) is 10.2. The van der Waals surface area contributed by atoms with Gasteiger partial charge in [-0.25, -0.2) is 0 Å². The maximum atomic E-state index is 13.1. The summed E-state index contributed by atoms with van der Waals surface area (Å²) in [6.07, 6.45) is 5.32. The summed E-state index contributed by atoms with van der Waals surface area (Å²) in [4.78, 5) is 29.4.